The number of likely N-dealkylation sites (N-methyl/N-ethyl adjacent to an activating group) is 1. The number of aromatic nitrogens is 6. The molecule has 0 radical (unpaired) electrons. The number of nitrogens with zero attached hydrogens (tertiary/aromatic N) is 5. The fourth-order valence-electron chi connectivity index (χ4n) is 4.72. The third kappa shape index (κ3) is 4.85. The van der Waals surface area contributed by atoms with E-state index in [-0.39, 0.29) is 18.3 Å². The SMILES string of the molecule is Cc1cc(F)cc(-c2cncc3[nH]c(-c4n[nH]c5ncc(-c6cncc(NC(=O)CN(C)C)c6)cc45)cc23)c1. The van der Waals surface area contributed by atoms with E-state index in [1.54, 1.807) is 35.9 Å². The number of carbonyl (C=O) groups excluding carboxylic acids is 1. The average Bonchev–Trinajstić information content (AvgIpc) is 3.51. The molecule has 9 nitrogen and oxygen atoms in total. The zero-order valence-electron chi connectivity index (χ0n) is 21.6. The molecule has 6 aromatic rings. The molecule has 0 aliphatic rings. The van der Waals surface area contributed by atoms with Crippen LogP contribution in [0.2, 0.25) is 0 Å². The van der Waals surface area contributed by atoms with Gasteiger partial charge in [-0.2, -0.15) is 5.10 Å². The molecular weight excluding hydrogens is 495 g/mol. The molecule has 5 heterocycles. The zero-order chi connectivity index (χ0) is 27.1. The van der Waals surface area contributed by atoms with E-state index in [0.29, 0.717) is 17.0 Å². The van der Waals surface area contributed by atoms with Gasteiger partial charge in [0.1, 0.15) is 11.5 Å². The summed E-state index contributed by atoms with van der Waals surface area (Å²) in [6.45, 7) is 2.14. The molecular formula is C29H25FN8O. The zero-order valence-corrected chi connectivity index (χ0v) is 21.6. The largest absolute Gasteiger partial charge is 0.352 e. The maximum Gasteiger partial charge on any atom is 0.238 e. The van der Waals surface area contributed by atoms with Gasteiger partial charge in [0.2, 0.25) is 5.91 Å². The minimum absolute atomic E-state index is 0.120. The number of hydrogen-bond acceptors (Lipinski definition) is 6. The standard InChI is InChI=1S/C29H25FN8O/c1-16-4-17(6-20(30)5-16)24-13-32-14-26-22(24)9-25(35-26)28-23-8-19(11-33-29(23)37-36-28)18-7-21(12-31-10-18)34-27(39)15-38(2)3/h4-14,35H,15H2,1-3H3,(H,34,39)(H,33,36,37). The molecule has 0 bridgehead atoms. The highest BCUT2D eigenvalue weighted by Crippen LogP contribution is 2.35. The van der Waals surface area contributed by atoms with Crippen molar-refractivity contribution in [2.45, 2.75) is 6.92 Å². The van der Waals surface area contributed by atoms with Gasteiger partial charge >= 0.3 is 0 Å². The highest BCUT2D eigenvalue weighted by atomic mass is 19.1. The van der Waals surface area contributed by atoms with Crippen molar-refractivity contribution in [2.24, 2.45) is 0 Å². The highest BCUT2D eigenvalue weighted by molar-refractivity contribution is 6.01. The van der Waals surface area contributed by atoms with Crippen LogP contribution >= 0.6 is 0 Å². The molecule has 0 aliphatic heterocycles. The summed E-state index contributed by atoms with van der Waals surface area (Å²) in [6.07, 6.45) is 8.57. The van der Waals surface area contributed by atoms with Crippen molar-refractivity contribution >= 4 is 33.5 Å². The van der Waals surface area contributed by atoms with Crippen LogP contribution in [0.5, 0.6) is 0 Å². The number of aromatic amines is 2. The summed E-state index contributed by atoms with van der Waals surface area (Å²) in [5.74, 6) is -0.406. The molecule has 39 heavy (non-hydrogen) atoms. The van der Waals surface area contributed by atoms with Crippen molar-refractivity contribution in [1.29, 1.82) is 0 Å². The Morgan fingerprint density at radius 2 is 1.74 bits per heavy atom. The summed E-state index contributed by atoms with van der Waals surface area (Å²) in [5, 5.41) is 12.1. The van der Waals surface area contributed by atoms with Crippen molar-refractivity contribution in [2.75, 3.05) is 26.0 Å². The molecule has 0 unspecified atom stereocenters. The Labute approximate surface area is 223 Å². The van der Waals surface area contributed by atoms with E-state index >= 15 is 0 Å². The first kappa shape index (κ1) is 24.4. The quantitative estimate of drug-likeness (QED) is 0.279. The van der Waals surface area contributed by atoms with Crippen LogP contribution in [0.15, 0.2) is 67.4 Å². The number of rotatable bonds is 6. The summed E-state index contributed by atoms with van der Waals surface area (Å²) < 4.78 is 14.2. The number of amides is 1. The lowest BCUT2D eigenvalue weighted by atomic mass is 10.0. The Bertz CT molecular complexity index is 1840. The van der Waals surface area contributed by atoms with E-state index in [0.717, 1.165) is 49.8 Å². The predicted octanol–water partition coefficient (Wildman–Crippen LogP) is 5.18. The first-order valence-corrected chi connectivity index (χ1v) is 12.3. The van der Waals surface area contributed by atoms with E-state index in [9.17, 15) is 9.18 Å². The van der Waals surface area contributed by atoms with Crippen LogP contribution in [0.25, 0.3) is 55.6 Å². The summed E-state index contributed by atoms with van der Waals surface area (Å²) in [5.41, 5.74) is 7.60. The van der Waals surface area contributed by atoms with Crippen LogP contribution in [-0.4, -0.2) is 61.6 Å². The highest BCUT2D eigenvalue weighted by Gasteiger charge is 2.16. The Kier molecular flexibility index (Phi) is 6.08. The Morgan fingerprint density at radius 3 is 2.56 bits per heavy atom. The molecule has 0 saturated heterocycles. The number of benzene rings is 1. The summed E-state index contributed by atoms with van der Waals surface area (Å²) in [4.78, 5) is 30.6. The van der Waals surface area contributed by atoms with E-state index in [1.165, 1.54) is 12.1 Å². The number of nitrogens with one attached hydrogen (secondary N) is 3. The molecule has 0 fully saturated rings. The third-order valence-corrected chi connectivity index (χ3v) is 6.39. The van der Waals surface area contributed by atoms with Gasteiger partial charge in [0.25, 0.3) is 0 Å². The van der Waals surface area contributed by atoms with Crippen LogP contribution in [0.4, 0.5) is 10.1 Å². The first-order chi connectivity index (χ1) is 18.8. The van der Waals surface area contributed by atoms with E-state index in [1.807, 2.05) is 45.3 Å². The molecule has 10 heteroatoms. The van der Waals surface area contributed by atoms with Crippen molar-refractivity contribution in [3.63, 3.8) is 0 Å². The predicted molar refractivity (Wildman–Crippen MR) is 150 cm³/mol. The number of pyridine rings is 3. The number of anilines is 1. The van der Waals surface area contributed by atoms with Crippen molar-refractivity contribution in [1.82, 2.24) is 35.0 Å². The van der Waals surface area contributed by atoms with Crippen molar-refractivity contribution in [3.05, 3.63) is 78.8 Å². The lowest BCUT2D eigenvalue weighted by molar-refractivity contribution is -0.116. The molecule has 0 aliphatic carbocycles. The van der Waals surface area contributed by atoms with Crippen LogP contribution in [-0.2, 0) is 4.79 Å². The average molecular weight is 521 g/mol. The van der Waals surface area contributed by atoms with Gasteiger partial charge in [0.05, 0.1) is 35.8 Å². The fraction of sp³-hybridized carbons (Fsp3) is 0.138. The maximum absolute atomic E-state index is 14.2. The van der Waals surface area contributed by atoms with E-state index < -0.39 is 0 Å². The first-order valence-electron chi connectivity index (χ1n) is 12.3. The third-order valence-electron chi connectivity index (χ3n) is 6.39. The van der Waals surface area contributed by atoms with Crippen molar-refractivity contribution in [3.8, 4) is 33.6 Å². The van der Waals surface area contributed by atoms with Crippen LogP contribution < -0.4 is 5.32 Å². The van der Waals surface area contributed by atoms with Gasteiger partial charge in [-0.05, 0) is 62.5 Å². The molecule has 6 rings (SSSR count). The topological polar surface area (TPSA) is 115 Å². The molecule has 5 aromatic heterocycles. The number of H-pyrrole nitrogens is 2. The fourth-order valence-corrected chi connectivity index (χ4v) is 4.72. The van der Waals surface area contributed by atoms with Gasteiger partial charge in [-0.1, -0.05) is 6.07 Å². The molecule has 194 valence electrons. The second-order valence-corrected chi connectivity index (χ2v) is 9.79. The Morgan fingerprint density at radius 1 is 0.923 bits per heavy atom. The minimum atomic E-state index is -0.287. The molecule has 0 saturated carbocycles. The van der Waals surface area contributed by atoms with Gasteiger partial charge in [-0.25, -0.2) is 9.37 Å². The number of halogens is 1. The molecule has 3 N–H and O–H groups in total. The summed E-state index contributed by atoms with van der Waals surface area (Å²) >= 11 is 0. The summed E-state index contributed by atoms with van der Waals surface area (Å²) in [7, 11) is 3.68. The summed E-state index contributed by atoms with van der Waals surface area (Å²) in [6, 6.07) is 10.8. The van der Waals surface area contributed by atoms with Gasteiger partial charge in [-0.3, -0.25) is 19.9 Å². The number of fused-ring (bicyclic) bond motifs is 2. The van der Waals surface area contributed by atoms with E-state index in [2.05, 4.69) is 35.5 Å². The van der Waals surface area contributed by atoms with E-state index in [4.69, 9.17) is 0 Å². The normalized spacial score (nSPS) is 11.5. The minimum Gasteiger partial charge on any atom is -0.352 e. The smallest absolute Gasteiger partial charge is 0.238 e. The molecule has 1 aromatic carbocycles. The number of aryl methyl sites for hydroxylation is 1. The maximum atomic E-state index is 14.2. The van der Waals surface area contributed by atoms with Crippen LogP contribution in [0.3, 0.4) is 0 Å². The second kappa shape index (κ2) is 9.73. The molecule has 0 spiro atoms. The van der Waals surface area contributed by atoms with Crippen molar-refractivity contribution < 1.29 is 9.18 Å². The van der Waals surface area contributed by atoms with Gasteiger partial charge in [0.15, 0.2) is 5.65 Å². The van der Waals surface area contributed by atoms with Gasteiger partial charge in [-0.15, -0.1) is 0 Å². The second-order valence-electron chi connectivity index (χ2n) is 9.79. The molecule has 1 amide bonds. The molecule has 0 atom stereocenters. The Hall–Kier alpha value is -4.96. The lowest BCUT2D eigenvalue weighted by Crippen LogP contribution is -2.27. The number of carbonyl (C=O) groups is 1. The van der Waals surface area contributed by atoms with Crippen LogP contribution in [0.1, 0.15) is 5.56 Å². The Balaban J connectivity index is 1.39. The van der Waals surface area contributed by atoms with Gasteiger partial charge in [0, 0.05) is 46.1 Å². The lowest BCUT2D eigenvalue weighted by Gasteiger charge is -2.10. The number of hydrogen-bond donors (Lipinski definition) is 3. The monoisotopic (exact) mass is 520 g/mol. The van der Waals surface area contributed by atoms with Gasteiger partial charge < -0.3 is 15.2 Å². The van der Waals surface area contributed by atoms with Crippen LogP contribution in [0, 0.1) is 12.7 Å².